The average Bonchev–Trinajstić information content (AvgIpc) is 3.20. The van der Waals surface area contributed by atoms with E-state index < -0.39 is 0 Å². The van der Waals surface area contributed by atoms with E-state index in [0.29, 0.717) is 0 Å². The predicted molar refractivity (Wildman–Crippen MR) is 120 cm³/mol. The van der Waals surface area contributed by atoms with Gasteiger partial charge in [0.15, 0.2) is 0 Å². The van der Waals surface area contributed by atoms with Crippen molar-refractivity contribution in [2.24, 2.45) is 5.10 Å². The summed E-state index contributed by atoms with van der Waals surface area (Å²) in [4.78, 5) is 0. The van der Waals surface area contributed by atoms with Gasteiger partial charge < -0.3 is 4.74 Å². The van der Waals surface area contributed by atoms with E-state index >= 15 is 0 Å². The van der Waals surface area contributed by atoms with Crippen LogP contribution in [0.15, 0.2) is 76.3 Å². The summed E-state index contributed by atoms with van der Waals surface area (Å²) in [6.45, 7) is 4.29. The molecule has 0 radical (unpaired) electrons. The van der Waals surface area contributed by atoms with Crippen molar-refractivity contribution in [3.8, 4) is 5.75 Å². The van der Waals surface area contributed by atoms with E-state index in [2.05, 4.69) is 95.5 Å². The van der Waals surface area contributed by atoms with Crippen LogP contribution in [0, 0.1) is 6.92 Å². The van der Waals surface area contributed by atoms with Gasteiger partial charge in [0.05, 0.1) is 11.8 Å². The number of ether oxygens (including phenoxy) is 1. The predicted octanol–water partition coefficient (Wildman–Crippen LogP) is 6.56. The van der Waals surface area contributed by atoms with Crippen LogP contribution in [0.1, 0.15) is 53.4 Å². The zero-order valence-corrected chi connectivity index (χ0v) is 18.2. The van der Waals surface area contributed by atoms with Crippen molar-refractivity contribution in [2.45, 2.75) is 39.0 Å². The van der Waals surface area contributed by atoms with E-state index in [9.17, 15) is 0 Å². The second-order valence-corrected chi connectivity index (χ2v) is 8.68. The van der Waals surface area contributed by atoms with Gasteiger partial charge in [-0.15, -0.1) is 0 Å². The van der Waals surface area contributed by atoms with Crippen molar-refractivity contribution in [1.29, 1.82) is 0 Å². The molecular formula is C25H23BrN2O. The van der Waals surface area contributed by atoms with E-state index in [1.54, 1.807) is 0 Å². The van der Waals surface area contributed by atoms with Gasteiger partial charge in [0, 0.05) is 22.0 Å². The normalized spacial score (nSPS) is 20.0. The summed E-state index contributed by atoms with van der Waals surface area (Å²) in [6.07, 6.45) is 1.70. The van der Waals surface area contributed by atoms with Crippen LogP contribution < -0.4 is 4.74 Å². The lowest BCUT2D eigenvalue weighted by atomic mass is 9.95. The second-order valence-electron chi connectivity index (χ2n) is 7.76. The van der Waals surface area contributed by atoms with Crippen molar-refractivity contribution >= 4 is 21.6 Å². The highest BCUT2D eigenvalue weighted by atomic mass is 79.9. The third kappa shape index (κ3) is 3.36. The summed E-state index contributed by atoms with van der Waals surface area (Å²) in [6, 6.07) is 23.8. The molecule has 0 fully saturated rings. The van der Waals surface area contributed by atoms with Crippen molar-refractivity contribution in [2.75, 3.05) is 0 Å². The van der Waals surface area contributed by atoms with E-state index in [-0.39, 0.29) is 12.3 Å². The van der Waals surface area contributed by atoms with Crippen LogP contribution in [0.4, 0.5) is 0 Å². The topological polar surface area (TPSA) is 24.8 Å². The molecule has 0 amide bonds. The molecule has 0 saturated heterocycles. The first-order chi connectivity index (χ1) is 14.1. The molecule has 2 aliphatic heterocycles. The molecule has 2 atom stereocenters. The molecule has 3 aromatic carbocycles. The highest BCUT2D eigenvalue weighted by Crippen LogP contribution is 2.48. The quantitative estimate of drug-likeness (QED) is 0.454. The van der Waals surface area contributed by atoms with Crippen molar-refractivity contribution in [3.63, 3.8) is 0 Å². The zero-order chi connectivity index (χ0) is 20.0. The van der Waals surface area contributed by atoms with Gasteiger partial charge in [0.1, 0.15) is 5.75 Å². The van der Waals surface area contributed by atoms with Gasteiger partial charge in [-0.25, -0.2) is 5.01 Å². The maximum Gasteiger partial charge on any atom is 0.213 e. The van der Waals surface area contributed by atoms with Crippen LogP contribution in [0.25, 0.3) is 0 Å². The SMILES string of the molecule is CCc1ccc(C2=NN3[C@@H](C2)c2cc(Br)ccc2O[C@H]3c2ccc(C)cc2)cc1. The van der Waals surface area contributed by atoms with Crippen molar-refractivity contribution < 1.29 is 4.74 Å². The van der Waals surface area contributed by atoms with Gasteiger partial charge in [-0.05, 0) is 42.7 Å². The van der Waals surface area contributed by atoms with E-state index in [4.69, 9.17) is 9.84 Å². The Bertz CT molecular complexity index is 1070. The smallest absolute Gasteiger partial charge is 0.213 e. The maximum absolute atomic E-state index is 6.45. The van der Waals surface area contributed by atoms with Gasteiger partial charge in [0.2, 0.25) is 6.23 Å². The van der Waals surface area contributed by atoms with E-state index in [0.717, 1.165) is 34.3 Å². The molecule has 2 aliphatic rings. The zero-order valence-electron chi connectivity index (χ0n) is 16.6. The minimum Gasteiger partial charge on any atom is -0.464 e. The molecule has 0 bridgehead atoms. The first-order valence-corrected chi connectivity index (χ1v) is 10.9. The summed E-state index contributed by atoms with van der Waals surface area (Å²) in [5.74, 6) is 0.942. The molecule has 2 heterocycles. The number of fused-ring (bicyclic) bond motifs is 3. The number of benzene rings is 3. The monoisotopic (exact) mass is 446 g/mol. The Morgan fingerprint density at radius 2 is 1.79 bits per heavy atom. The number of aryl methyl sites for hydroxylation is 2. The highest BCUT2D eigenvalue weighted by Gasteiger charge is 2.41. The Labute approximate surface area is 180 Å². The van der Waals surface area contributed by atoms with E-state index in [1.807, 2.05) is 6.07 Å². The summed E-state index contributed by atoms with van der Waals surface area (Å²) in [5, 5.41) is 7.20. The molecule has 0 saturated carbocycles. The fourth-order valence-electron chi connectivity index (χ4n) is 4.12. The number of hydrazone groups is 1. The molecule has 0 aliphatic carbocycles. The second kappa shape index (κ2) is 7.34. The number of rotatable bonds is 3. The highest BCUT2D eigenvalue weighted by molar-refractivity contribution is 9.10. The summed E-state index contributed by atoms with van der Waals surface area (Å²) < 4.78 is 7.51. The van der Waals surface area contributed by atoms with Crippen LogP contribution >= 0.6 is 15.9 Å². The third-order valence-electron chi connectivity index (χ3n) is 5.81. The lowest BCUT2D eigenvalue weighted by Crippen LogP contribution is -2.33. The molecule has 3 aromatic rings. The molecule has 0 unspecified atom stereocenters. The minimum absolute atomic E-state index is 0.170. The van der Waals surface area contributed by atoms with Crippen LogP contribution in [0.2, 0.25) is 0 Å². The molecule has 146 valence electrons. The molecular weight excluding hydrogens is 424 g/mol. The molecule has 0 N–H and O–H groups in total. The first kappa shape index (κ1) is 18.4. The lowest BCUT2D eigenvalue weighted by molar-refractivity contribution is -0.0190. The fourth-order valence-corrected chi connectivity index (χ4v) is 4.50. The molecule has 4 heteroatoms. The van der Waals surface area contributed by atoms with Crippen LogP contribution in [0.3, 0.4) is 0 Å². The van der Waals surface area contributed by atoms with Gasteiger partial charge in [-0.3, -0.25) is 0 Å². The Morgan fingerprint density at radius 3 is 2.52 bits per heavy atom. The standard InChI is InChI=1S/C25H23BrN2O/c1-3-17-6-10-18(11-7-17)22-15-23-21-14-20(26)12-13-24(21)29-25(28(23)27-22)19-8-4-16(2)5-9-19/h4-14,23,25H,3,15H2,1-2H3/t23-,25-/m0/s1. The maximum atomic E-state index is 6.45. The van der Waals surface area contributed by atoms with Crippen LogP contribution in [-0.2, 0) is 6.42 Å². The molecule has 0 spiro atoms. The summed E-state index contributed by atoms with van der Waals surface area (Å²) in [7, 11) is 0. The van der Waals surface area contributed by atoms with Crippen LogP contribution in [0.5, 0.6) is 5.75 Å². The molecule has 3 nitrogen and oxygen atoms in total. The number of hydrogen-bond donors (Lipinski definition) is 0. The summed E-state index contributed by atoms with van der Waals surface area (Å²) >= 11 is 3.62. The Hall–Kier alpha value is -2.59. The fraction of sp³-hybridized carbons (Fsp3) is 0.240. The largest absolute Gasteiger partial charge is 0.464 e. The molecule has 29 heavy (non-hydrogen) atoms. The van der Waals surface area contributed by atoms with Crippen molar-refractivity contribution in [1.82, 2.24) is 5.01 Å². The van der Waals surface area contributed by atoms with Crippen LogP contribution in [-0.4, -0.2) is 10.7 Å². The Kier molecular flexibility index (Phi) is 4.67. The van der Waals surface area contributed by atoms with Gasteiger partial charge in [-0.1, -0.05) is 76.9 Å². The first-order valence-electron chi connectivity index (χ1n) is 10.1. The Balaban J connectivity index is 1.57. The third-order valence-corrected chi connectivity index (χ3v) is 6.30. The van der Waals surface area contributed by atoms with E-state index in [1.165, 1.54) is 22.3 Å². The molecule has 0 aromatic heterocycles. The minimum atomic E-state index is -0.221. The lowest BCUT2D eigenvalue weighted by Gasteiger charge is -2.38. The average molecular weight is 447 g/mol. The van der Waals surface area contributed by atoms with Gasteiger partial charge in [0.25, 0.3) is 0 Å². The number of halogens is 1. The number of hydrogen-bond acceptors (Lipinski definition) is 3. The number of nitrogens with zero attached hydrogens (tertiary/aromatic N) is 2. The van der Waals surface area contributed by atoms with Gasteiger partial charge in [-0.2, -0.15) is 5.10 Å². The van der Waals surface area contributed by atoms with Gasteiger partial charge >= 0.3 is 0 Å². The molecule has 5 rings (SSSR count). The summed E-state index contributed by atoms with van der Waals surface area (Å²) in [5.41, 5.74) is 7.21. The van der Waals surface area contributed by atoms with Crippen molar-refractivity contribution in [3.05, 3.63) is 99.0 Å². The Morgan fingerprint density at radius 1 is 1.03 bits per heavy atom.